The van der Waals surface area contributed by atoms with Crippen LogP contribution in [0.25, 0.3) is 16.6 Å². The van der Waals surface area contributed by atoms with Crippen molar-refractivity contribution in [2.24, 2.45) is 5.92 Å². The van der Waals surface area contributed by atoms with Crippen molar-refractivity contribution in [3.63, 3.8) is 0 Å². The fourth-order valence-corrected chi connectivity index (χ4v) is 4.82. The van der Waals surface area contributed by atoms with Crippen molar-refractivity contribution >= 4 is 22.7 Å². The van der Waals surface area contributed by atoms with Crippen LogP contribution in [-0.4, -0.2) is 37.9 Å². The zero-order valence-electron chi connectivity index (χ0n) is 19.8. The number of para-hydroxylation sites is 1. The third-order valence-corrected chi connectivity index (χ3v) is 6.71. The summed E-state index contributed by atoms with van der Waals surface area (Å²) in [6.45, 7) is 7.25. The largest absolute Gasteiger partial charge is 0.467 e. The number of amides is 2. The SMILES string of the molecule is CC(C)CCNC(=O)[C@]1(C)Cn2c(c(-n3cccc3)c3ccccc32)C(=O)N1Cc1ccco1. The standard InChI is InChI=1S/C27H30N4O3/c1-19(2)12-13-28-26(33)27(3)18-30-22-11-5-4-10-21(22)23(29-14-6-7-15-29)24(30)25(32)31(27)17-20-9-8-16-34-20/h4-11,14-16,19H,12-13,17-18H2,1-3H3,(H,28,33)/t27-/m0/s1. The van der Waals surface area contributed by atoms with Crippen LogP contribution in [0.5, 0.6) is 0 Å². The van der Waals surface area contributed by atoms with Crippen LogP contribution < -0.4 is 5.32 Å². The second-order valence-corrected chi connectivity index (χ2v) is 9.57. The summed E-state index contributed by atoms with van der Waals surface area (Å²) < 4.78 is 9.56. The molecule has 0 saturated carbocycles. The topological polar surface area (TPSA) is 72.4 Å². The van der Waals surface area contributed by atoms with Crippen molar-refractivity contribution in [2.45, 2.75) is 45.8 Å². The molecule has 1 aliphatic rings. The molecule has 1 N–H and O–H groups in total. The normalized spacial score (nSPS) is 18.0. The van der Waals surface area contributed by atoms with Crippen LogP contribution in [0.1, 0.15) is 43.4 Å². The molecule has 34 heavy (non-hydrogen) atoms. The fourth-order valence-electron chi connectivity index (χ4n) is 4.82. The summed E-state index contributed by atoms with van der Waals surface area (Å²) in [6, 6.07) is 15.5. The van der Waals surface area contributed by atoms with E-state index < -0.39 is 5.54 Å². The quantitative estimate of drug-likeness (QED) is 0.440. The van der Waals surface area contributed by atoms with Crippen LogP contribution in [0.2, 0.25) is 0 Å². The van der Waals surface area contributed by atoms with Gasteiger partial charge in [-0.2, -0.15) is 0 Å². The Morgan fingerprint density at radius 3 is 2.59 bits per heavy atom. The predicted octanol–water partition coefficient (Wildman–Crippen LogP) is 4.60. The number of benzene rings is 1. The van der Waals surface area contributed by atoms with E-state index in [0.717, 1.165) is 23.0 Å². The van der Waals surface area contributed by atoms with Gasteiger partial charge in [-0.3, -0.25) is 9.59 Å². The summed E-state index contributed by atoms with van der Waals surface area (Å²) >= 11 is 0. The fraction of sp³-hybridized carbons (Fsp3) is 0.333. The Morgan fingerprint density at radius 1 is 1.12 bits per heavy atom. The second kappa shape index (κ2) is 8.56. The van der Waals surface area contributed by atoms with Gasteiger partial charge in [-0.25, -0.2) is 0 Å². The Kier molecular flexibility index (Phi) is 5.55. The van der Waals surface area contributed by atoms with Gasteiger partial charge in [-0.1, -0.05) is 32.0 Å². The molecule has 0 unspecified atom stereocenters. The highest BCUT2D eigenvalue weighted by Crippen LogP contribution is 2.38. The molecule has 0 saturated heterocycles. The molecular formula is C27H30N4O3. The van der Waals surface area contributed by atoms with E-state index in [4.69, 9.17) is 4.42 Å². The number of nitrogens with one attached hydrogen (secondary N) is 1. The second-order valence-electron chi connectivity index (χ2n) is 9.57. The molecule has 0 bridgehead atoms. The average Bonchev–Trinajstić information content (AvgIpc) is 3.57. The number of hydrogen-bond donors (Lipinski definition) is 1. The first-order chi connectivity index (χ1) is 16.4. The number of nitrogens with zero attached hydrogens (tertiary/aromatic N) is 3. The van der Waals surface area contributed by atoms with Crippen molar-refractivity contribution in [2.75, 3.05) is 6.54 Å². The summed E-state index contributed by atoms with van der Waals surface area (Å²) in [5, 5.41) is 4.06. The van der Waals surface area contributed by atoms with E-state index in [2.05, 4.69) is 19.2 Å². The Morgan fingerprint density at radius 2 is 1.88 bits per heavy atom. The van der Waals surface area contributed by atoms with E-state index in [0.29, 0.717) is 30.5 Å². The Bertz CT molecular complexity index is 1320. The molecule has 1 aromatic carbocycles. The van der Waals surface area contributed by atoms with Gasteiger partial charge in [0.2, 0.25) is 5.91 Å². The van der Waals surface area contributed by atoms with Gasteiger partial charge >= 0.3 is 0 Å². The molecular weight excluding hydrogens is 428 g/mol. The summed E-state index contributed by atoms with van der Waals surface area (Å²) in [5.74, 6) is 0.772. The molecule has 0 aliphatic carbocycles. The number of rotatable bonds is 7. The van der Waals surface area contributed by atoms with Crippen LogP contribution >= 0.6 is 0 Å². The minimum atomic E-state index is -1.08. The molecule has 4 aromatic rings. The van der Waals surface area contributed by atoms with Gasteiger partial charge < -0.3 is 23.8 Å². The molecule has 0 radical (unpaired) electrons. The lowest BCUT2D eigenvalue weighted by Gasteiger charge is -2.44. The van der Waals surface area contributed by atoms with Crippen LogP contribution in [0.3, 0.4) is 0 Å². The van der Waals surface area contributed by atoms with Crippen molar-refractivity contribution in [1.82, 2.24) is 19.4 Å². The number of aromatic nitrogens is 2. The van der Waals surface area contributed by atoms with Crippen LogP contribution in [0.4, 0.5) is 0 Å². The average molecular weight is 459 g/mol. The maximum Gasteiger partial charge on any atom is 0.274 e. The van der Waals surface area contributed by atoms with E-state index in [1.165, 1.54) is 0 Å². The lowest BCUT2D eigenvalue weighted by Crippen LogP contribution is -2.63. The number of fused-ring (bicyclic) bond motifs is 3. The molecule has 7 nitrogen and oxygen atoms in total. The molecule has 2 amide bonds. The van der Waals surface area contributed by atoms with Gasteiger partial charge in [0.05, 0.1) is 30.6 Å². The van der Waals surface area contributed by atoms with Crippen molar-refractivity contribution in [3.05, 3.63) is 78.6 Å². The Labute approximate surface area is 199 Å². The van der Waals surface area contributed by atoms with Crippen LogP contribution in [-0.2, 0) is 17.9 Å². The van der Waals surface area contributed by atoms with Crippen LogP contribution in [0.15, 0.2) is 71.6 Å². The van der Waals surface area contributed by atoms with Crippen molar-refractivity contribution in [1.29, 1.82) is 0 Å². The highest BCUT2D eigenvalue weighted by Gasteiger charge is 2.49. The Hall–Kier alpha value is -3.74. The zero-order valence-corrected chi connectivity index (χ0v) is 19.8. The lowest BCUT2D eigenvalue weighted by atomic mass is 9.94. The molecule has 1 aliphatic heterocycles. The molecule has 3 aromatic heterocycles. The first-order valence-corrected chi connectivity index (χ1v) is 11.8. The van der Waals surface area contributed by atoms with Gasteiger partial charge in [0.1, 0.15) is 17.0 Å². The van der Waals surface area contributed by atoms with E-state index in [-0.39, 0.29) is 18.4 Å². The summed E-state index contributed by atoms with van der Waals surface area (Å²) in [4.78, 5) is 29.5. The minimum absolute atomic E-state index is 0.154. The van der Waals surface area contributed by atoms with Crippen molar-refractivity contribution in [3.8, 4) is 5.69 Å². The van der Waals surface area contributed by atoms with Gasteiger partial charge in [-0.05, 0) is 49.6 Å². The van der Waals surface area contributed by atoms with E-state index >= 15 is 0 Å². The van der Waals surface area contributed by atoms with Gasteiger partial charge in [-0.15, -0.1) is 0 Å². The Balaban J connectivity index is 1.65. The van der Waals surface area contributed by atoms with E-state index in [1.54, 1.807) is 17.2 Å². The first-order valence-electron chi connectivity index (χ1n) is 11.8. The molecule has 176 valence electrons. The monoisotopic (exact) mass is 458 g/mol. The minimum Gasteiger partial charge on any atom is -0.467 e. The third kappa shape index (κ3) is 3.61. The number of carbonyl (C=O) groups excluding carboxylic acids is 2. The molecule has 0 fully saturated rings. The zero-order chi connectivity index (χ0) is 23.9. The van der Waals surface area contributed by atoms with Gasteiger partial charge in [0.15, 0.2) is 0 Å². The number of carbonyl (C=O) groups is 2. The summed E-state index contributed by atoms with van der Waals surface area (Å²) in [5.41, 5.74) is 1.27. The third-order valence-electron chi connectivity index (χ3n) is 6.71. The predicted molar refractivity (Wildman–Crippen MR) is 131 cm³/mol. The lowest BCUT2D eigenvalue weighted by molar-refractivity contribution is -0.133. The highest BCUT2D eigenvalue weighted by atomic mass is 16.3. The molecule has 5 rings (SSSR count). The van der Waals surface area contributed by atoms with Gasteiger partial charge in [0, 0.05) is 24.3 Å². The number of furan rings is 1. The smallest absolute Gasteiger partial charge is 0.274 e. The maximum absolute atomic E-state index is 14.2. The van der Waals surface area contributed by atoms with E-state index in [9.17, 15) is 9.59 Å². The molecule has 0 spiro atoms. The molecule has 1 atom stereocenters. The molecule has 7 heteroatoms. The van der Waals surface area contributed by atoms with E-state index in [1.807, 2.05) is 70.9 Å². The maximum atomic E-state index is 14.2. The van der Waals surface area contributed by atoms with Gasteiger partial charge in [0.25, 0.3) is 5.91 Å². The van der Waals surface area contributed by atoms with Crippen LogP contribution in [0, 0.1) is 5.92 Å². The number of hydrogen-bond acceptors (Lipinski definition) is 3. The summed E-state index contributed by atoms with van der Waals surface area (Å²) in [7, 11) is 0. The highest BCUT2D eigenvalue weighted by molar-refractivity contribution is 6.08. The summed E-state index contributed by atoms with van der Waals surface area (Å²) in [6.07, 6.45) is 6.36. The first kappa shape index (κ1) is 22.1. The van der Waals surface area contributed by atoms with Crippen molar-refractivity contribution < 1.29 is 14.0 Å². The molecule has 4 heterocycles.